The fraction of sp³-hybridized carbons (Fsp3) is 0.217. The Bertz CT molecular complexity index is 1170. The number of nitrogens with zero attached hydrogens (tertiary/aromatic N) is 2. The molecule has 3 aromatic rings. The van der Waals surface area contributed by atoms with E-state index in [-0.39, 0.29) is 17.5 Å². The van der Waals surface area contributed by atoms with Crippen LogP contribution in [0.15, 0.2) is 71.5 Å². The van der Waals surface area contributed by atoms with E-state index in [0.717, 1.165) is 16.3 Å². The van der Waals surface area contributed by atoms with Gasteiger partial charge in [0.15, 0.2) is 0 Å². The minimum absolute atomic E-state index is 0.153. The number of hydrogen-bond donors (Lipinski definition) is 2. The molecule has 2 aromatic carbocycles. The van der Waals surface area contributed by atoms with E-state index in [2.05, 4.69) is 46.5 Å². The summed E-state index contributed by atoms with van der Waals surface area (Å²) in [4.78, 5) is 16.9. The summed E-state index contributed by atoms with van der Waals surface area (Å²) in [7, 11) is -2.09. The Morgan fingerprint density at radius 3 is 2.50 bits per heavy atom. The second-order valence-electron chi connectivity index (χ2n) is 7.24. The first-order chi connectivity index (χ1) is 15.3. The van der Waals surface area contributed by atoms with Crippen LogP contribution in [-0.4, -0.2) is 43.9 Å². The summed E-state index contributed by atoms with van der Waals surface area (Å²) in [6.45, 7) is 6.25. The average molecular weight is 471 g/mol. The molecule has 0 atom stereocenters. The number of carbonyl (C=O) groups is 1. The average Bonchev–Trinajstić information content (AvgIpc) is 3.23. The lowest BCUT2D eigenvalue weighted by molar-refractivity contribution is 0.252. The summed E-state index contributed by atoms with van der Waals surface area (Å²) in [5.74, 6) is 0. The number of benzene rings is 2. The number of sulfonamides is 1. The van der Waals surface area contributed by atoms with E-state index in [1.807, 2.05) is 12.3 Å². The van der Waals surface area contributed by atoms with Crippen LogP contribution in [0.5, 0.6) is 0 Å². The fourth-order valence-electron chi connectivity index (χ4n) is 2.90. The molecule has 0 saturated carbocycles. The summed E-state index contributed by atoms with van der Waals surface area (Å²) < 4.78 is 26.0. The summed E-state index contributed by atoms with van der Waals surface area (Å²) in [6.07, 6.45) is 2.13. The highest BCUT2D eigenvalue weighted by Crippen LogP contribution is 2.24. The van der Waals surface area contributed by atoms with Gasteiger partial charge in [0, 0.05) is 43.2 Å². The topological polar surface area (TPSA) is 91.4 Å². The molecule has 1 aromatic heterocycles. The van der Waals surface area contributed by atoms with Gasteiger partial charge in [-0.1, -0.05) is 35.9 Å². The van der Waals surface area contributed by atoms with E-state index in [4.69, 9.17) is 0 Å². The maximum absolute atomic E-state index is 12.4. The molecule has 0 radical (unpaired) electrons. The molecule has 0 aliphatic rings. The second kappa shape index (κ2) is 10.5. The summed E-state index contributed by atoms with van der Waals surface area (Å²) >= 11 is 1.58. The SMILES string of the molecule is C=CCN(C)S(=O)(=O)c1ccc(NC(=O)NCCc2csc(-c3ccc(C)cc3)n2)cc1. The molecule has 0 saturated heterocycles. The van der Waals surface area contributed by atoms with Gasteiger partial charge in [-0.2, -0.15) is 4.31 Å². The number of amides is 2. The predicted molar refractivity (Wildman–Crippen MR) is 129 cm³/mol. The molecule has 2 N–H and O–H groups in total. The van der Waals surface area contributed by atoms with Gasteiger partial charge in [-0.05, 0) is 31.2 Å². The Morgan fingerprint density at radius 1 is 1.16 bits per heavy atom. The molecule has 1 heterocycles. The van der Waals surface area contributed by atoms with Crippen molar-refractivity contribution < 1.29 is 13.2 Å². The third-order valence-electron chi connectivity index (χ3n) is 4.72. The van der Waals surface area contributed by atoms with Crippen LogP contribution in [0.2, 0.25) is 0 Å². The maximum Gasteiger partial charge on any atom is 0.319 e. The van der Waals surface area contributed by atoms with Gasteiger partial charge in [0.2, 0.25) is 10.0 Å². The largest absolute Gasteiger partial charge is 0.337 e. The van der Waals surface area contributed by atoms with E-state index in [1.54, 1.807) is 23.5 Å². The number of rotatable bonds is 9. The number of hydrogen-bond acceptors (Lipinski definition) is 5. The van der Waals surface area contributed by atoms with E-state index >= 15 is 0 Å². The molecule has 168 valence electrons. The van der Waals surface area contributed by atoms with Gasteiger partial charge < -0.3 is 10.6 Å². The Hall–Kier alpha value is -3.01. The van der Waals surface area contributed by atoms with Crippen molar-refractivity contribution >= 4 is 33.1 Å². The van der Waals surface area contributed by atoms with E-state index < -0.39 is 10.0 Å². The first-order valence-electron chi connectivity index (χ1n) is 10.0. The first kappa shape index (κ1) is 23.6. The monoisotopic (exact) mass is 470 g/mol. The summed E-state index contributed by atoms with van der Waals surface area (Å²) in [6, 6.07) is 13.9. The van der Waals surface area contributed by atoms with Crippen LogP contribution in [0, 0.1) is 6.92 Å². The van der Waals surface area contributed by atoms with E-state index in [1.165, 1.54) is 35.1 Å². The highest BCUT2D eigenvalue weighted by atomic mass is 32.2. The zero-order chi connectivity index (χ0) is 23.1. The van der Waals surface area contributed by atoms with E-state index in [0.29, 0.717) is 18.7 Å². The Labute approximate surface area is 192 Å². The number of urea groups is 1. The van der Waals surface area contributed by atoms with Crippen LogP contribution < -0.4 is 10.6 Å². The van der Waals surface area contributed by atoms with Gasteiger partial charge in [0.25, 0.3) is 0 Å². The zero-order valence-corrected chi connectivity index (χ0v) is 19.7. The lowest BCUT2D eigenvalue weighted by Crippen LogP contribution is -2.30. The number of likely N-dealkylation sites (N-methyl/N-ethyl adjacent to an activating group) is 1. The maximum atomic E-state index is 12.4. The number of aromatic nitrogens is 1. The Balaban J connectivity index is 1.49. The van der Waals surface area contributed by atoms with Crippen molar-refractivity contribution in [3.8, 4) is 10.6 Å². The Morgan fingerprint density at radius 2 is 1.84 bits per heavy atom. The van der Waals surface area contributed by atoms with Crippen molar-refractivity contribution in [1.29, 1.82) is 0 Å². The van der Waals surface area contributed by atoms with Gasteiger partial charge >= 0.3 is 6.03 Å². The third-order valence-corrected chi connectivity index (χ3v) is 7.50. The van der Waals surface area contributed by atoms with Crippen molar-refractivity contribution in [2.24, 2.45) is 0 Å². The lowest BCUT2D eigenvalue weighted by atomic mass is 10.2. The van der Waals surface area contributed by atoms with Gasteiger partial charge in [0.05, 0.1) is 10.6 Å². The summed E-state index contributed by atoms with van der Waals surface area (Å²) in [5.41, 5.74) is 3.71. The molecule has 7 nitrogen and oxygen atoms in total. The van der Waals surface area contributed by atoms with Crippen LogP contribution in [0.3, 0.4) is 0 Å². The molecule has 0 aliphatic heterocycles. The van der Waals surface area contributed by atoms with Gasteiger partial charge in [-0.3, -0.25) is 0 Å². The first-order valence-corrected chi connectivity index (χ1v) is 12.3. The van der Waals surface area contributed by atoms with Crippen molar-refractivity contribution in [1.82, 2.24) is 14.6 Å². The molecule has 3 rings (SSSR count). The molecule has 0 aliphatic carbocycles. The fourth-order valence-corrected chi connectivity index (χ4v) is 4.90. The van der Waals surface area contributed by atoms with Crippen molar-refractivity contribution in [3.63, 3.8) is 0 Å². The van der Waals surface area contributed by atoms with Crippen LogP contribution in [0.1, 0.15) is 11.3 Å². The minimum atomic E-state index is -3.58. The minimum Gasteiger partial charge on any atom is -0.337 e. The molecular weight excluding hydrogens is 444 g/mol. The highest BCUT2D eigenvalue weighted by Gasteiger charge is 2.19. The van der Waals surface area contributed by atoms with Crippen molar-refractivity contribution in [2.75, 3.05) is 25.5 Å². The quantitative estimate of drug-likeness (QED) is 0.457. The number of thiazole rings is 1. The predicted octanol–water partition coefficient (Wildman–Crippen LogP) is 4.29. The number of aryl methyl sites for hydroxylation is 1. The molecule has 0 spiro atoms. The smallest absolute Gasteiger partial charge is 0.319 e. The van der Waals surface area contributed by atoms with Crippen LogP contribution in [0.4, 0.5) is 10.5 Å². The van der Waals surface area contributed by atoms with Crippen molar-refractivity contribution in [2.45, 2.75) is 18.2 Å². The second-order valence-corrected chi connectivity index (χ2v) is 10.1. The third kappa shape index (κ3) is 6.03. The van der Waals surface area contributed by atoms with Gasteiger partial charge in [-0.15, -0.1) is 17.9 Å². The molecule has 2 amide bonds. The number of carbonyl (C=O) groups excluding carboxylic acids is 1. The number of anilines is 1. The normalized spacial score (nSPS) is 11.3. The lowest BCUT2D eigenvalue weighted by Gasteiger charge is -2.15. The van der Waals surface area contributed by atoms with Crippen LogP contribution >= 0.6 is 11.3 Å². The highest BCUT2D eigenvalue weighted by molar-refractivity contribution is 7.89. The standard InChI is InChI=1S/C23H26N4O3S2/c1-4-15-27(3)32(29,30)21-11-9-19(10-12-21)26-23(28)24-14-13-20-16-31-22(25-20)18-7-5-17(2)6-8-18/h4-12,16H,1,13-15H2,2-3H3,(H2,24,26,28). The molecule has 32 heavy (non-hydrogen) atoms. The number of nitrogens with one attached hydrogen (secondary N) is 2. The molecule has 9 heteroatoms. The summed E-state index contributed by atoms with van der Waals surface area (Å²) in [5, 5.41) is 8.45. The van der Waals surface area contributed by atoms with Gasteiger partial charge in [0.1, 0.15) is 5.01 Å². The van der Waals surface area contributed by atoms with Crippen molar-refractivity contribution in [3.05, 3.63) is 77.8 Å². The van der Waals surface area contributed by atoms with Gasteiger partial charge in [-0.25, -0.2) is 18.2 Å². The molecule has 0 bridgehead atoms. The van der Waals surface area contributed by atoms with Crippen LogP contribution in [0.25, 0.3) is 10.6 Å². The Kier molecular flexibility index (Phi) is 7.79. The zero-order valence-electron chi connectivity index (χ0n) is 18.0. The molecular formula is C23H26N4O3S2. The van der Waals surface area contributed by atoms with Crippen LogP contribution in [-0.2, 0) is 16.4 Å². The van der Waals surface area contributed by atoms with E-state index in [9.17, 15) is 13.2 Å². The molecule has 0 unspecified atom stereocenters. The molecule has 0 fully saturated rings.